The van der Waals surface area contributed by atoms with Gasteiger partial charge in [-0.1, -0.05) is 6.92 Å². The molecular weight excluding hydrogens is 274 g/mol. The number of thiophene rings is 1. The maximum atomic E-state index is 12.5. The van der Waals surface area contributed by atoms with Gasteiger partial charge in [-0.05, 0) is 43.2 Å². The number of nitrogens with zero attached hydrogens (tertiary/aromatic N) is 1. The molecule has 108 valence electrons. The van der Waals surface area contributed by atoms with Crippen molar-refractivity contribution in [2.45, 2.75) is 32.6 Å². The van der Waals surface area contributed by atoms with Crippen molar-refractivity contribution in [2.75, 3.05) is 13.1 Å². The van der Waals surface area contributed by atoms with E-state index in [2.05, 4.69) is 6.92 Å². The molecule has 1 saturated heterocycles. The molecule has 1 fully saturated rings. The van der Waals surface area contributed by atoms with Crippen LogP contribution in [0.4, 0.5) is 0 Å². The zero-order chi connectivity index (χ0) is 14.3. The van der Waals surface area contributed by atoms with E-state index >= 15 is 0 Å². The molecule has 1 aliphatic carbocycles. The van der Waals surface area contributed by atoms with E-state index in [0.717, 1.165) is 17.7 Å². The van der Waals surface area contributed by atoms with Gasteiger partial charge in [0.15, 0.2) is 0 Å². The third-order valence-corrected chi connectivity index (χ3v) is 5.59. The summed E-state index contributed by atoms with van der Waals surface area (Å²) in [6, 6.07) is 2.03. The van der Waals surface area contributed by atoms with Crippen LogP contribution in [0.2, 0.25) is 0 Å². The number of amides is 1. The maximum Gasteiger partial charge on any atom is 0.308 e. The smallest absolute Gasteiger partial charge is 0.308 e. The van der Waals surface area contributed by atoms with Crippen molar-refractivity contribution in [3.05, 3.63) is 21.4 Å². The van der Waals surface area contributed by atoms with Crippen molar-refractivity contribution in [1.29, 1.82) is 0 Å². The summed E-state index contributed by atoms with van der Waals surface area (Å²) in [5.41, 5.74) is 1.33. The highest BCUT2D eigenvalue weighted by molar-refractivity contribution is 7.14. The molecule has 0 aromatic carbocycles. The van der Waals surface area contributed by atoms with Gasteiger partial charge in [-0.15, -0.1) is 11.3 Å². The predicted molar refractivity (Wildman–Crippen MR) is 77.2 cm³/mol. The Morgan fingerprint density at radius 1 is 1.40 bits per heavy atom. The lowest BCUT2D eigenvalue weighted by molar-refractivity contribution is -0.141. The fourth-order valence-corrected chi connectivity index (χ4v) is 4.29. The van der Waals surface area contributed by atoms with Crippen LogP contribution in [0, 0.1) is 11.8 Å². The average molecular weight is 293 g/mol. The molecule has 1 aliphatic heterocycles. The highest BCUT2D eigenvalue weighted by Crippen LogP contribution is 2.33. The summed E-state index contributed by atoms with van der Waals surface area (Å²) in [6.45, 7) is 3.17. The molecule has 1 amide bonds. The molecule has 3 rings (SSSR count). The van der Waals surface area contributed by atoms with Crippen LogP contribution in [-0.2, 0) is 17.6 Å². The first kappa shape index (κ1) is 13.6. The summed E-state index contributed by atoms with van der Waals surface area (Å²) in [7, 11) is 0. The van der Waals surface area contributed by atoms with E-state index in [0.29, 0.717) is 25.4 Å². The van der Waals surface area contributed by atoms with E-state index in [-0.39, 0.29) is 5.91 Å². The largest absolute Gasteiger partial charge is 0.481 e. The van der Waals surface area contributed by atoms with E-state index in [4.69, 9.17) is 5.11 Å². The molecular formula is C15H19NO3S. The lowest BCUT2D eigenvalue weighted by atomic mass is 9.90. The third kappa shape index (κ3) is 2.46. The Labute approximate surface area is 122 Å². The molecule has 0 saturated carbocycles. The summed E-state index contributed by atoms with van der Waals surface area (Å²) in [4.78, 5) is 27.3. The van der Waals surface area contributed by atoms with E-state index in [1.54, 1.807) is 16.2 Å². The number of aryl methyl sites for hydroxylation is 1. The second kappa shape index (κ2) is 5.20. The molecule has 2 atom stereocenters. The number of likely N-dealkylation sites (tertiary alicyclic amines) is 1. The van der Waals surface area contributed by atoms with Crippen LogP contribution in [0.25, 0.3) is 0 Å². The Kier molecular flexibility index (Phi) is 3.54. The fourth-order valence-electron chi connectivity index (χ4n) is 3.11. The molecule has 4 nitrogen and oxygen atoms in total. The van der Waals surface area contributed by atoms with Crippen molar-refractivity contribution in [2.24, 2.45) is 11.8 Å². The van der Waals surface area contributed by atoms with Crippen molar-refractivity contribution in [3.8, 4) is 0 Å². The van der Waals surface area contributed by atoms with Gasteiger partial charge in [0.25, 0.3) is 5.91 Å². The number of carboxylic acid groups (broad SMARTS) is 1. The average Bonchev–Trinajstić information content (AvgIpc) is 3.03. The molecule has 5 heteroatoms. The normalized spacial score (nSPS) is 25.6. The molecule has 0 spiro atoms. The topological polar surface area (TPSA) is 57.6 Å². The van der Waals surface area contributed by atoms with Crippen LogP contribution in [0.5, 0.6) is 0 Å². The molecule has 20 heavy (non-hydrogen) atoms. The number of hydrogen-bond acceptors (Lipinski definition) is 3. The van der Waals surface area contributed by atoms with E-state index in [1.165, 1.54) is 16.9 Å². The Morgan fingerprint density at radius 2 is 2.20 bits per heavy atom. The second-order valence-corrected chi connectivity index (χ2v) is 7.12. The fraction of sp³-hybridized carbons (Fsp3) is 0.600. The summed E-state index contributed by atoms with van der Waals surface area (Å²) >= 11 is 1.60. The Morgan fingerprint density at radius 3 is 2.90 bits per heavy atom. The number of hydrogen-bond donors (Lipinski definition) is 1. The maximum absolute atomic E-state index is 12.5. The van der Waals surface area contributed by atoms with Gasteiger partial charge in [0.05, 0.1) is 10.8 Å². The van der Waals surface area contributed by atoms with Crippen molar-refractivity contribution in [3.63, 3.8) is 0 Å². The van der Waals surface area contributed by atoms with Crippen molar-refractivity contribution in [1.82, 2.24) is 4.90 Å². The summed E-state index contributed by atoms with van der Waals surface area (Å²) < 4.78 is 0. The number of rotatable bonds is 2. The molecule has 0 unspecified atom stereocenters. The zero-order valence-corrected chi connectivity index (χ0v) is 12.4. The predicted octanol–water partition coefficient (Wildman–Crippen LogP) is 2.42. The van der Waals surface area contributed by atoms with Crippen LogP contribution in [0.1, 0.15) is 39.9 Å². The molecule has 0 radical (unpaired) electrons. The van der Waals surface area contributed by atoms with Crippen LogP contribution in [0.3, 0.4) is 0 Å². The van der Waals surface area contributed by atoms with Crippen LogP contribution in [-0.4, -0.2) is 35.0 Å². The van der Waals surface area contributed by atoms with Crippen LogP contribution >= 0.6 is 11.3 Å². The lowest BCUT2D eigenvalue weighted by Crippen LogP contribution is -2.29. The Balaban J connectivity index is 1.74. The summed E-state index contributed by atoms with van der Waals surface area (Å²) in [6.07, 6.45) is 3.91. The molecule has 1 N–H and O–H groups in total. The Bertz CT molecular complexity index is 551. The first-order chi connectivity index (χ1) is 9.54. The minimum atomic E-state index is -0.792. The lowest BCUT2D eigenvalue weighted by Gasteiger charge is -2.16. The van der Waals surface area contributed by atoms with Crippen LogP contribution < -0.4 is 0 Å². The van der Waals surface area contributed by atoms with Gasteiger partial charge in [0, 0.05) is 18.0 Å². The quantitative estimate of drug-likeness (QED) is 0.911. The molecule has 2 heterocycles. The van der Waals surface area contributed by atoms with Gasteiger partial charge in [0.1, 0.15) is 0 Å². The number of fused-ring (bicyclic) bond motifs is 1. The van der Waals surface area contributed by atoms with Gasteiger partial charge < -0.3 is 10.0 Å². The molecule has 1 aromatic rings. The SMILES string of the molecule is C[C@@H]1CCc2sc(C(=O)N3CC[C@@H](C(=O)O)C3)cc2C1. The molecule has 0 bridgehead atoms. The summed E-state index contributed by atoms with van der Waals surface area (Å²) in [5, 5.41) is 9.01. The van der Waals surface area contributed by atoms with Crippen molar-refractivity contribution >= 4 is 23.2 Å². The Hall–Kier alpha value is -1.36. The minimum Gasteiger partial charge on any atom is -0.481 e. The highest BCUT2D eigenvalue weighted by atomic mass is 32.1. The molecule has 2 aliphatic rings. The molecule has 1 aromatic heterocycles. The summed E-state index contributed by atoms with van der Waals surface area (Å²) in [5.74, 6) is -0.475. The first-order valence-corrected chi connectivity index (χ1v) is 8.00. The number of aliphatic carboxylic acids is 1. The van der Waals surface area contributed by atoms with Gasteiger partial charge in [-0.2, -0.15) is 0 Å². The highest BCUT2D eigenvalue weighted by Gasteiger charge is 2.32. The first-order valence-electron chi connectivity index (χ1n) is 7.18. The van der Waals surface area contributed by atoms with Gasteiger partial charge in [-0.25, -0.2) is 0 Å². The van der Waals surface area contributed by atoms with Crippen LogP contribution in [0.15, 0.2) is 6.07 Å². The number of carbonyl (C=O) groups is 2. The van der Waals surface area contributed by atoms with Crippen molar-refractivity contribution < 1.29 is 14.7 Å². The second-order valence-electron chi connectivity index (χ2n) is 5.98. The van der Waals surface area contributed by atoms with E-state index in [9.17, 15) is 9.59 Å². The van der Waals surface area contributed by atoms with Gasteiger partial charge >= 0.3 is 5.97 Å². The standard InChI is InChI=1S/C15H19NO3S/c1-9-2-3-12-11(6-9)7-13(20-12)14(17)16-5-4-10(8-16)15(18)19/h7,9-10H,2-6,8H2,1H3,(H,18,19)/t9-,10-/m1/s1. The van der Waals surface area contributed by atoms with Gasteiger partial charge in [0.2, 0.25) is 0 Å². The van der Waals surface area contributed by atoms with E-state index < -0.39 is 11.9 Å². The number of carbonyl (C=O) groups excluding carboxylic acids is 1. The zero-order valence-electron chi connectivity index (χ0n) is 11.6. The van der Waals surface area contributed by atoms with E-state index in [1.807, 2.05) is 6.07 Å². The monoisotopic (exact) mass is 293 g/mol. The van der Waals surface area contributed by atoms with Gasteiger partial charge in [-0.3, -0.25) is 9.59 Å². The third-order valence-electron chi connectivity index (χ3n) is 4.36. The number of carboxylic acids is 1. The minimum absolute atomic E-state index is 0.0146.